The monoisotopic (exact) mass is 238 g/mol. The molecule has 0 aromatic carbocycles. The van der Waals surface area contributed by atoms with Crippen LogP contribution in [0.15, 0.2) is 12.3 Å². The topological polar surface area (TPSA) is 78.4 Å². The summed E-state index contributed by atoms with van der Waals surface area (Å²) in [5, 5.41) is 15.3. The van der Waals surface area contributed by atoms with Gasteiger partial charge in [0.05, 0.1) is 0 Å². The van der Waals surface area contributed by atoms with Crippen LogP contribution in [-0.4, -0.2) is 28.6 Å². The highest BCUT2D eigenvalue weighted by Crippen LogP contribution is 2.29. The highest BCUT2D eigenvalue weighted by atomic mass is 16.3. The van der Waals surface area contributed by atoms with Gasteiger partial charge in [0.1, 0.15) is 11.6 Å². The molecule has 1 saturated heterocycles. The summed E-state index contributed by atoms with van der Waals surface area (Å²) in [7, 11) is 0. The molecule has 2 aliphatic rings. The Labute approximate surface area is 100 Å². The molecule has 0 aromatic rings. The van der Waals surface area contributed by atoms with Crippen LogP contribution in [0.2, 0.25) is 0 Å². The predicted octanol–water partition coefficient (Wildman–Crippen LogP) is 0.200. The molecule has 2 fully saturated rings. The Morgan fingerprint density at radius 1 is 1.47 bits per heavy atom. The van der Waals surface area contributed by atoms with Crippen LogP contribution in [0.1, 0.15) is 38.5 Å². The van der Waals surface area contributed by atoms with E-state index in [1.165, 1.54) is 0 Å². The van der Waals surface area contributed by atoms with Crippen molar-refractivity contribution in [2.75, 3.05) is 0 Å². The van der Waals surface area contributed by atoms with Crippen molar-refractivity contribution < 1.29 is 14.7 Å². The van der Waals surface area contributed by atoms with Gasteiger partial charge in [0.2, 0.25) is 5.91 Å². The summed E-state index contributed by atoms with van der Waals surface area (Å²) in [5.41, 5.74) is -0.588. The van der Waals surface area contributed by atoms with Gasteiger partial charge in [0.15, 0.2) is 0 Å². The Morgan fingerprint density at radius 3 is 2.71 bits per heavy atom. The molecule has 1 saturated carbocycles. The Bertz CT molecular complexity index is 359. The molecule has 1 aliphatic carbocycles. The van der Waals surface area contributed by atoms with Crippen LogP contribution < -0.4 is 10.6 Å². The van der Waals surface area contributed by atoms with Crippen molar-refractivity contribution in [1.82, 2.24) is 10.6 Å². The van der Waals surface area contributed by atoms with Crippen LogP contribution in [0.25, 0.3) is 0 Å². The second-order valence-electron chi connectivity index (χ2n) is 4.90. The molecule has 0 aromatic heterocycles. The molecule has 0 radical (unpaired) electrons. The number of amides is 2. The van der Waals surface area contributed by atoms with Crippen LogP contribution in [0.4, 0.5) is 0 Å². The van der Waals surface area contributed by atoms with E-state index in [1.54, 1.807) is 0 Å². The fourth-order valence-corrected chi connectivity index (χ4v) is 2.39. The second kappa shape index (κ2) is 4.49. The van der Waals surface area contributed by atoms with Crippen LogP contribution >= 0.6 is 0 Å². The van der Waals surface area contributed by atoms with E-state index in [2.05, 4.69) is 17.2 Å². The van der Waals surface area contributed by atoms with Crippen LogP contribution in [0.3, 0.4) is 0 Å². The van der Waals surface area contributed by atoms with E-state index in [0.29, 0.717) is 31.4 Å². The number of piperidine rings is 1. The molecule has 1 unspecified atom stereocenters. The van der Waals surface area contributed by atoms with E-state index < -0.39 is 17.6 Å². The van der Waals surface area contributed by atoms with Crippen LogP contribution in [0, 0.1) is 0 Å². The first-order chi connectivity index (χ1) is 8.01. The third-order valence-corrected chi connectivity index (χ3v) is 3.51. The molecule has 3 N–H and O–H groups in total. The van der Waals surface area contributed by atoms with Gasteiger partial charge >= 0.3 is 0 Å². The molecule has 2 amide bonds. The zero-order chi connectivity index (χ0) is 12.5. The third-order valence-electron chi connectivity index (χ3n) is 3.51. The third kappa shape index (κ3) is 2.49. The van der Waals surface area contributed by atoms with Crippen molar-refractivity contribution in [3.8, 4) is 0 Å². The molecular formula is C12H18N2O3. The summed E-state index contributed by atoms with van der Waals surface area (Å²) in [6.45, 7) is 3.68. The summed E-state index contributed by atoms with van der Waals surface area (Å²) in [5.74, 6) is -0.654. The fraction of sp³-hybridized carbons (Fsp3) is 0.667. The van der Waals surface area contributed by atoms with Gasteiger partial charge in [-0.15, -0.1) is 0 Å². The molecular weight excluding hydrogens is 220 g/mol. The molecule has 5 heteroatoms. The number of aliphatic hydroxyl groups is 1. The Morgan fingerprint density at radius 2 is 2.12 bits per heavy atom. The lowest BCUT2D eigenvalue weighted by atomic mass is 9.99. The average Bonchev–Trinajstić information content (AvgIpc) is 2.71. The Kier molecular flexibility index (Phi) is 3.19. The van der Waals surface area contributed by atoms with Gasteiger partial charge in [-0.3, -0.25) is 9.59 Å². The number of nitrogens with one attached hydrogen (secondary N) is 2. The molecule has 5 nitrogen and oxygen atoms in total. The van der Waals surface area contributed by atoms with E-state index in [-0.39, 0.29) is 5.91 Å². The maximum atomic E-state index is 11.9. The number of hydrogen-bond donors (Lipinski definition) is 3. The number of carbonyl (C=O) groups is 2. The maximum absolute atomic E-state index is 11.9. The maximum Gasteiger partial charge on any atom is 0.252 e. The largest absolute Gasteiger partial charge is 0.380 e. The number of hydrogen-bond acceptors (Lipinski definition) is 3. The Balaban J connectivity index is 1.94. The van der Waals surface area contributed by atoms with Crippen molar-refractivity contribution in [1.29, 1.82) is 0 Å². The molecule has 0 bridgehead atoms. The smallest absolute Gasteiger partial charge is 0.252 e. The normalized spacial score (nSPS) is 27.7. The molecule has 0 spiro atoms. The summed E-state index contributed by atoms with van der Waals surface area (Å²) in [4.78, 5) is 23.5. The zero-order valence-electron chi connectivity index (χ0n) is 9.79. The molecule has 1 heterocycles. The number of rotatable bonds is 2. The number of carbonyl (C=O) groups excluding carboxylic acids is 2. The standard InChI is InChI=1S/C12H18N2O3/c1-8-4-5-9(10(15)13-8)14-11(16)12(17)6-2-3-7-12/h9,17H,1-7H2,(H,13,15)(H,14,16). The van der Waals surface area contributed by atoms with Gasteiger partial charge in [0, 0.05) is 5.70 Å². The first-order valence-corrected chi connectivity index (χ1v) is 6.03. The van der Waals surface area contributed by atoms with Gasteiger partial charge in [-0.05, 0) is 38.5 Å². The second-order valence-corrected chi connectivity index (χ2v) is 4.90. The van der Waals surface area contributed by atoms with E-state index in [4.69, 9.17) is 0 Å². The first kappa shape index (κ1) is 12.1. The lowest BCUT2D eigenvalue weighted by Crippen LogP contribution is -2.55. The van der Waals surface area contributed by atoms with Gasteiger partial charge in [-0.25, -0.2) is 0 Å². The Hall–Kier alpha value is -1.36. The van der Waals surface area contributed by atoms with E-state index in [0.717, 1.165) is 12.8 Å². The number of allylic oxidation sites excluding steroid dienone is 1. The molecule has 1 atom stereocenters. The van der Waals surface area contributed by atoms with Crippen molar-refractivity contribution in [2.24, 2.45) is 0 Å². The van der Waals surface area contributed by atoms with Gasteiger partial charge in [-0.2, -0.15) is 0 Å². The van der Waals surface area contributed by atoms with Gasteiger partial charge in [0.25, 0.3) is 5.91 Å². The SMILES string of the molecule is C=C1CCC(NC(=O)C2(O)CCCC2)C(=O)N1. The predicted molar refractivity (Wildman–Crippen MR) is 61.9 cm³/mol. The summed E-state index contributed by atoms with van der Waals surface area (Å²) in [6.07, 6.45) is 3.90. The summed E-state index contributed by atoms with van der Waals surface area (Å²) in [6, 6.07) is -0.544. The highest BCUT2D eigenvalue weighted by molar-refractivity contribution is 5.92. The minimum Gasteiger partial charge on any atom is -0.380 e. The van der Waals surface area contributed by atoms with Gasteiger partial charge in [-0.1, -0.05) is 6.58 Å². The molecule has 1 aliphatic heterocycles. The lowest BCUT2D eigenvalue weighted by Gasteiger charge is -2.28. The van der Waals surface area contributed by atoms with E-state index in [1.807, 2.05) is 0 Å². The fourth-order valence-electron chi connectivity index (χ4n) is 2.39. The molecule has 94 valence electrons. The van der Waals surface area contributed by atoms with Crippen LogP contribution in [-0.2, 0) is 9.59 Å². The van der Waals surface area contributed by atoms with Crippen molar-refractivity contribution in [2.45, 2.75) is 50.2 Å². The van der Waals surface area contributed by atoms with Gasteiger partial charge < -0.3 is 15.7 Å². The van der Waals surface area contributed by atoms with E-state index >= 15 is 0 Å². The summed E-state index contributed by atoms with van der Waals surface area (Å²) < 4.78 is 0. The minimum atomic E-state index is -1.27. The quantitative estimate of drug-likeness (QED) is 0.643. The zero-order valence-corrected chi connectivity index (χ0v) is 9.79. The van der Waals surface area contributed by atoms with Crippen molar-refractivity contribution in [3.63, 3.8) is 0 Å². The van der Waals surface area contributed by atoms with E-state index in [9.17, 15) is 14.7 Å². The van der Waals surface area contributed by atoms with Crippen LogP contribution in [0.5, 0.6) is 0 Å². The first-order valence-electron chi connectivity index (χ1n) is 6.03. The molecule has 2 rings (SSSR count). The lowest BCUT2D eigenvalue weighted by molar-refractivity contribution is -0.142. The molecule has 17 heavy (non-hydrogen) atoms. The van der Waals surface area contributed by atoms with Crippen molar-refractivity contribution >= 4 is 11.8 Å². The average molecular weight is 238 g/mol. The summed E-state index contributed by atoms with van der Waals surface area (Å²) >= 11 is 0. The highest BCUT2D eigenvalue weighted by Gasteiger charge is 2.40. The minimum absolute atomic E-state index is 0.240. The van der Waals surface area contributed by atoms with Crippen molar-refractivity contribution in [3.05, 3.63) is 12.3 Å².